The van der Waals surface area contributed by atoms with Crippen molar-refractivity contribution in [3.05, 3.63) is 122 Å². The number of ether oxygens (including phenoxy) is 1. The molecule has 0 rings (SSSR count). The molecule has 0 spiro atoms. The molecule has 2 N–H and O–H groups in total. The number of quaternary nitrogens is 1. The first-order valence-corrected chi connectivity index (χ1v) is 30.4. The molecule has 0 aliphatic carbocycles. The minimum absolute atomic E-state index is 0.0216. The Morgan fingerprint density at radius 1 is 0.507 bits per heavy atom. The Kier molecular flexibility index (Phi) is 49.3. The van der Waals surface area contributed by atoms with E-state index in [-0.39, 0.29) is 37.9 Å². The lowest BCUT2D eigenvalue weighted by atomic mass is 10.1. The van der Waals surface area contributed by atoms with Crippen molar-refractivity contribution in [1.82, 2.24) is 5.32 Å². The van der Waals surface area contributed by atoms with E-state index < -0.39 is 20.0 Å². The van der Waals surface area contributed by atoms with Crippen LogP contribution < -0.4 is 5.32 Å². The summed E-state index contributed by atoms with van der Waals surface area (Å²) in [5.74, 6) is -0.582. The summed E-state index contributed by atoms with van der Waals surface area (Å²) >= 11 is 0. The first-order chi connectivity index (χ1) is 35.4. The maximum absolute atomic E-state index is 13.5. The van der Waals surface area contributed by atoms with Crippen LogP contribution >= 0.6 is 7.82 Å². The van der Waals surface area contributed by atoms with Crippen LogP contribution in [0.2, 0.25) is 0 Å². The van der Waals surface area contributed by atoms with E-state index >= 15 is 0 Å². The summed E-state index contributed by atoms with van der Waals surface area (Å²) in [6.45, 7) is 6.76. The monoisotopic (exact) mass is 1040 g/mol. The van der Waals surface area contributed by atoms with Gasteiger partial charge in [-0.05, 0) is 89.5 Å². The Labute approximate surface area is 448 Å². The Balaban J connectivity index is 5.42. The fourth-order valence-corrected chi connectivity index (χ4v) is 8.30. The SMILES string of the molecule is CC\C=C/C=C/C=C/C=C\C=C\C=C\CCCCCC(=O)NC(COP(=O)(O)OCC[N+](C)(C)C)C(/C=C/CCCCCCCCCCC)OC(=O)CCCCCCCC/C=C\C/C=C\C/C=C\CCCCC. The van der Waals surface area contributed by atoms with E-state index in [2.05, 4.69) is 74.7 Å². The smallest absolute Gasteiger partial charge is 0.456 e. The fourth-order valence-electron chi connectivity index (χ4n) is 7.56. The van der Waals surface area contributed by atoms with Crippen molar-refractivity contribution in [2.75, 3.05) is 40.9 Å². The van der Waals surface area contributed by atoms with Crippen molar-refractivity contribution in [2.24, 2.45) is 0 Å². The molecule has 0 aliphatic heterocycles. The molecule has 0 aliphatic rings. The zero-order valence-electron chi connectivity index (χ0n) is 47.3. The summed E-state index contributed by atoms with van der Waals surface area (Å²) in [6, 6.07) is -0.885. The molecule has 1 amide bonds. The molecule has 0 saturated carbocycles. The van der Waals surface area contributed by atoms with Gasteiger partial charge in [0, 0.05) is 12.8 Å². The molecule has 0 fully saturated rings. The van der Waals surface area contributed by atoms with Crippen LogP contribution in [-0.4, -0.2) is 74.3 Å². The van der Waals surface area contributed by atoms with Gasteiger partial charge in [-0.2, -0.15) is 0 Å². The zero-order chi connectivity index (χ0) is 53.6. The van der Waals surface area contributed by atoms with E-state index in [4.69, 9.17) is 13.8 Å². The molecular weight excluding hydrogens is 928 g/mol. The molecule has 0 saturated heterocycles. The number of allylic oxidation sites excluding steroid dienone is 19. The van der Waals surface area contributed by atoms with Crippen LogP contribution in [0.3, 0.4) is 0 Å². The molecular formula is C63H108N2O7P+. The topological polar surface area (TPSA) is 111 Å². The highest BCUT2D eigenvalue weighted by Crippen LogP contribution is 2.43. The number of hydrogen-bond acceptors (Lipinski definition) is 6. The number of phosphoric ester groups is 1. The second-order valence-corrected chi connectivity index (χ2v) is 21.7. The van der Waals surface area contributed by atoms with Crippen molar-refractivity contribution >= 4 is 19.7 Å². The van der Waals surface area contributed by atoms with Gasteiger partial charge in [0.25, 0.3) is 0 Å². The zero-order valence-corrected chi connectivity index (χ0v) is 48.2. The molecule has 0 aromatic heterocycles. The number of carbonyl (C=O) groups is 2. The summed E-state index contributed by atoms with van der Waals surface area (Å²) in [7, 11) is 1.43. The normalized spacial score (nSPS) is 14.7. The summed E-state index contributed by atoms with van der Waals surface area (Å²) in [4.78, 5) is 37.6. The molecule has 0 aromatic rings. The second kappa shape index (κ2) is 51.9. The van der Waals surface area contributed by atoms with Gasteiger partial charge in [-0.15, -0.1) is 0 Å². The quantitative estimate of drug-likeness (QED) is 0.0156. The number of phosphoric acid groups is 1. The maximum atomic E-state index is 13.5. The highest BCUT2D eigenvalue weighted by molar-refractivity contribution is 7.47. The van der Waals surface area contributed by atoms with E-state index in [1.165, 1.54) is 70.6 Å². The molecule has 0 heterocycles. The molecule has 0 bridgehead atoms. The summed E-state index contributed by atoms with van der Waals surface area (Å²) < 4.78 is 30.6. The first kappa shape index (κ1) is 69.4. The third kappa shape index (κ3) is 53.1. The van der Waals surface area contributed by atoms with E-state index in [0.717, 1.165) is 96.3 Å². The predicted molar refractivity (Wildman–Crippen MR) is 313 cm³/mol. The fraction of sp³-hybridized carbons (Fsp3) is 0.651. The van der Waals surface area contributed by atoms with Crippen LogP contribution in [0.1, 0.15) is 213 Å². The van der Waals surface area contributed by atoms with Crippen LogP contribution in [0.4, 0.5) is 0 Å². The minimum Gasteiger partial charge on any atom is -0.456 e. The Hall–Kier alpha value is -3.59. The molecule has 3 unspecified atom stereocenters. The molecule has 0 aromatic carbocycles. The third-order valence-corrected chi connectivity index (χ3v) is 13.0. The Morgan fingerprint density at radius 2 is 0.932 bits per heavy atom. The number of nitrogens with zero attached hydrogens (tertiary/aromatic N) is 1. The second-order valence-electron chi connectivity index (χ2n) is 20.2. The van der Waals surface area contributed by atoms with Gasteiger partial charge in [0.2, 0.25) is 5.91 Å². The van der Waals surface area contributed by atoms with Crippen LogP contribution in [0.25, 0.3) is 0 Å². The summed E-state index contributed by atoms with van der Waals surface area (Å²) in [6.07, 6.45) is 71.9. The van der Waals surface area contributed by atoms with Crippen molar-refractivity contribution in [2.45, 2.75) is 226 Å². The van der Waals surface area contributed by atoms with Crippen LogP contribution in [0, 0.1) is 0 Å². The standard InChI is InChI=1S/C63H107N2O7P/c1-7-10-13-16-19-22-25-27-29-31-32-34-36-38-41-44-47-50-53-56-63(67)72-61(54-51-48-45-42-39-24-21-18-15-12-9-3)60(59-71-73(68,69)70-58-57-65(4,5)6)64-62(66)55-52-49-46-43-40-37-35-33-30-28-26-23-20-17-14-11-8-2/h11,14,17,19-20,22-23,26-30,32-35,37,40,51,54,60-61H,7-10,12-13,15-16,18,21,24-25,31,36,38-39,41-50,52-53,55-59H2,1-6H3,(H-,64,66,68,69)/p+1/b14-11-,20-17+,22-19-,26-23+,29-27-,30-28-,34-32-,35-33+,40-37+,54-51+. The Bertz CT molecular complexity index is 1660. The van der Waals surface area contributed by atoms with Crippen LogP contribution in [0.15, 0.2) is 122 Å². The third-order valence-electron chi connectivity index (χ3n) is 12.0. The van der Waals surface area contributed by atoms with Gasteiger partial charge in [-0.25, -0.2) is 4.57 Å². The lowest BCUT2D eigenvalue weighted by Crippen LogP contribution is -2.47. The van der Waals surface area contributed by atoms with Gasteiger partial charge in [-0.3, -0.25) is 18.6 Å². The van der Waals surface area contributed by atoms with Crippen molar-refractivity contribution in [3.63, 3.8) is 0 Å². The highest BCUT2D eigenvalue weighted by atomic mass is 31.2. The number of esters is 1. The van der Waals surface area contributed by atoms with E-state index in [0.29, 0.717) is 23.9 Å². The van der Waals surface area contributed by atoms with Crippen molar-refractivity contribution < 1.29 is 37.3 Å². The van der Waals surface area contributed by atoms with E-state index in [1.807, 2.05) is 94.1 Å². The van der Waals surface area contributed by atoms with Crippen molar-refractivity contribution in [1.29, 1.82) is 0 Å². The van der Waals surface area contributed by atoms with Crippen LogP contribution in [-0.2, 0) is 27.9 Å². The van der Waals surface area contributed by atoms with Gasteiger partial charge in [0.1, 0.15) is 19.3 Å². The number of rotatable bonds is 50. The number of carbonyl (C=O) groups excluding carboxylic acids is 2. The molecule has 10 heteroatoms. The van der Waals surface area contributed by atoms with Crippen LogP contribution in [0.5, 0.6) is 0 Å². The average Bonchev–Trinajstić information content (AvgIpc) is 3.35. The number of unbranched alkanes of at least 4 members (excludes halogenated alkanes) is 21. The molecule has 3 atom stereocenters. The summed E-state index contributed by atoms with van der Waals surface area (Å²) in [5, 5.41) is 3.01. The molecule has 0 radical (unpaired) electrons. The highest BCUT2D eigenvalue weighted by Gasteiger charge is 2.30. The predicted octanol–water partition coefficient (Wildman–Crippen LogP) is 17.5. The molecule has 9 nitrogen and oxygen atoms in total. The lowest BCUT2D eigenvalue weighted by molar-refractivity contribution is -0.870. The molecule has 73 heavy (non-hydrogen) atoms. The van der Waals surface area contributed by atoms with Gasteiger partial charge in [-0.1, -0.05) is 233 Å². The maximum Gasteiger partial charge on any atom is 0.472 e. The minimum atomic E-state index is -4.47. The summed E-state index contributed by atoms with van der Waals surface area (Å²) in [5.41, 5.74) is 0. The van der Waals surface area contributed by atoms with Crippen molar-refractivity contribution in [3.8, 4) is 0 Å². The average molecular weight is 1040 g/mol. The van der Waals surface area contributed by atoms with Gasteiger partial charge in [0.05, 0.1) is 33.8 Å². The number of nitrogens with one attached hydrogen (secondary N) is 1. The molecule has 416 valence electrons. The van der Waals surface area contributed by atoms with Gasteiger partial charge in [0.15, 0.2) is 0 Å². The number of amides is 1. The Morgan fingerprint density at radius 3 is 1.48 bits per heavy atom. The van der Waals surface area contributed by atoms with E-state index in [1.54, 1.807) is 0 Å². The van der Waals surface area contributed by atoms with Gasteiger partial charge >= 0.3 is 13.8 Å². The lowest BCUT2D eigenvalue weighted by Gasteiger charge is -2.27. The van der Waals surface area contributed by atoms with E-state index in [9.17, 15) is 19.0 Å². The number of likely N-dealkylation sites (N-methyl/N-ethyl adjacent to an activating group) is 1. The largest absolute Gasteiger partial charge is 0.472 e. The number of hydrogen-bond donors (Lipinski definition) is 2. The first-order valence-electron chi connectivity index (χ1n) is 28.9. The van der Waals surface area contributed by atoms with Gasteiger partial charge < -0.3 is 19.4 Å².